The molecule has 1 amide bonds. The van der Waals surface area contributed by atoms with Crippen LogP contribution in [-0.4, -0.2) is 34.0 Å². The molecule has 1 aliphatic heterocycles. The smallest absolute Gasteiger partial charge is 0.241 e. The Morgan fingerprint density at radius 3 is 2.72 bits per heavy atom. The number of aryl methyl sites for hydroxylation is 1. The first kappa shape index (κ1) is 19.3. The van der Waals surface area contributed by atoms with Crippen LogP contribution in [0.1, 0.15) is 31.2 Å². The van der Waals surface area contributed by atoms with Crippen molar-refractivity contribution in [2.75, 3.05) is 18.4 Å². The molecule has 0 aliphatic carbocycles. The number of nitrogens with zero attached hydrogens (tertiary/aromatic N) is 3. The number of hydrogen-bond acceptors (Lipinski definition) is 5. The van der Waals surface area contributed by atoms with Crippen LogP contribution in [0.4, 0.5) is 5.69 Å². The first-order valence-corrected chi connectivity index (χ1v) is 10.2. The van der Waals surface area contributed by atoms with Gasteiger partial charge in [-0.1, -0.05) is 54.5 Å². The molecule has 150 valence electrons. The number of benzene rings is 2. The summed E-state index contributed by atoms with van der Waals surface area (Å²) in [4.78, 5) is 19.4. The normalized spacial score (nSPS) is 17.2. The number of carbonyl (C=O) groups excluding carboxylic acids is 1. The van der Waals surface area contributed by atoms with E-state index in [0.717, 1.165) is 37.1 Å². The van der Waals surface area contributed by atoms with Crippen LogP contribution in [0.5, 0.6) is 0 Å². The van der Waals surface area contributed by atoms with Gasteiger partial charge < -0.3 is 9.84 Å². The summed E-state index contributed by atoms with van der Waals surface area (Å²) < 4.78 is 5.43. The third-order valence-electron chi connectivity index (χ3n) is 5.36. The lowest BCUT2D eigenvalue weighted by Gasteiger charge is -2.30. The summed E-state index contributed by atoms with van der Waals surface area (Å²) in [6, 6.07) is 17.9. The zero-order valence-corrected chi connectivity index (χ0v) is 16.7. The summed E-state index contributed by atoms with van der Waals surface area (Å²) in [6.45, 7) is 4.31. The van der Waals surface area contributed by atoms with Crippen molar-refractivity contribution >= 4 is 11.6 Å². The SMILES string of the molecule is CCc1ccc(NC(=O)C2CCCN(Cc3nc(-c4ccccc4)no3)C2)cc1. The Morgan fingerprint density at radius 1 is 1.17 bits per heavy atom. The summed E-state index contributed by atoms with van der Waals surface area (Å²) in [5.41, 5.74) is 3.06. The molecule has 1 aliphatic rings. The molecule has 1 saturated heterocycles. The lowest BCUT2D eigenvalue weighted by atomic mass is 9.97. The molecule has 0 spiro atoms. The number of hydrogen-bond donors (Lipinski definition) is 1. The van der Waals surface area contributed by atoms with Crippen LogP contribution in [-0.2, 0) is 17.8 Å². The summed E-state index contributed by atoms with van der Waals surface area (Å²) >= 11 is 0. The van der Waals surface area contributed by atoms with Crippen molar-refractivity contribution in [3.8, 4) is 11.4 Å². The van der Waals surface area contributed by atoms with Gasteiger partial charge in [-0.2, -0.15) is 4.98 Å². The number of anilines is 1. The minimum absolute atomic E-state index is 0.0360. The highest BCUT2D eigenvalue weighted by Crippen LogP contribution is 2.22. The predicted octanol–water partition coefficient (Wildman–Crippen LogP) is 4.15. The number of likely N-dealkylation sites (tertiary alicyclic amines) is 1. The fourth-order valence-electron chi connectivity index (χ4n) is 3.70. The van der Waals surface area contributed by atoms with Crippen molar-refractivity contribution in [1.29, 1.82) is 0 Å². The van der Waals surface area contributed by atoms with Gasteiger partial charge in [-0.3, -0.25) is 9.69 Å². The van der Waals surface area contributed by atoms with E-state index in [1.54, 1.807) is 0 Å². The molecule has 6 heteroatoms. The Balaban J connectivity index is 1.34. The molecular weight excluding hydrogens is 364 g/mol. The van der Waals surface area contributed by atoms with Crippen LogP contribution in [0.15, 0.2) is 59.1 Å². The molecule has 1 unspecified atom stereocenters. The summed E-state index contributed by atoms with van der Waals surface area (Å²) in [5, 5.41) is 7.14. The van der Waals surface area contributed by atoms with Crippen LogP contribution in [0.25, 0.3) is 11.4 Å². The van der Waals surface area contributed by atoms with Crippen molar-refractivity contribution in [2.24, 2.45) is 5.92 Å². The third kappa shape index (κ3) is 4.90. The van der Waals surface area contributed by atoms with E-state index in [0.29, 0.717) is 24.8 Å². The van der Waals surface area contributed by atoms with E-state index in [9.17, 15) is 4.79 Å². The maximum absolute atomic E-state index is 12.7. The van der Waals surface area contributed by atoms with Crippen LogP contribution >= 0.6 is 0 Å². The molecule has 1 aromatic heterocycles. The van der Waals surface area contributed by atoms with Crippen molar-refractivity contribution in [3.63, 3.8) is 0 Å². The van der Waals surface area contributed by atoms with Crippen molar-refractivity contribution < 1.29 is 9.32 Å². The average Bonchev–Trinajstić information content (AvgIpc) is 3.23. The van der Waals surface area contributed by atoms with E-state index in [2.05, 4.69) is 39.4 Å². The molecule has 2 aromatic carbocycles. The molecule has 1 atom stereocenters. The van der Waals surface area contributed by atoms with E-state index in [-0.39, 0.29) is 11.8 Å². The summed E-state index contributed by atoms with van der Waals surface area (Å²) in [5.74, 6) is 1.23. The molecule has 0 saturated carbocycles. The topological polar surface area (TPSA) is 71.3 Å². The number of rotatable bonds is 6. The van der Waals surface area contributed by atoms with Gasteiger partial charge in [-0.05, 0) is 43.5 Å². The highest BCUT2D eigenvalue weighted by molar-refractivity contribution is 5.92. The number of aromatic nitrogens is 2. The Kier molecular flexibility index (Phi) is 6.00. The quantitative estimate of drug-likeness (QED) is 0.685. The van der Waals surface area contributed by atoms with Gasteiger partial charge in [0.05, 0.1) is 12.5 Å². The first-order chi connectivity index (χ1) is 14.2. The van der Waals surface area contributed by atoms with E-state index in [1.807, 2.05) is 42.5 Å². The second-order valence-corrected chi connectivity index (χ2v) is 7.49. The monoisotopic (exact) mass is 390 g/mol. The highest BCUT2D eigenvalue weighted by Gasteiger charge is 2.27. The zero-order valence-electron chi connectivity index (χ0n) is 16.7. The molecule has 29 heavy (non-hydrogen) atoms. The van der Waals surface area contributed by atoms with Crippen LogP contribution in [0, 0.1) is 5.92 Å². The van der Waals surface area contributed by atoms with Gasteiger partial charge >= 0.3 is 0 Å². The van der Waals surface area contributed by atoms with Gasteiger partial charge in [0.2, 0.25) is 17.6 Å². The lowest BCUT2D eigenvalue weighted by molar-refractivity contribution is -0.121. The average molecular weight is 390 g/mol. The molecule has 4 rings (SSSR count). The van der Waals surface area contributed by atoms with Gasteiger partial charge in [0.15, 0.2) is 0 Å². The van der Waals surface area contributed by atoms with Gasteiger partial charge in [0, 0.05) is 17.8 Å². The Bertz CT molecular complexity index is 937. The Hall–Kier alpha value is -2.99. The minimum Gasteiger partial charge on any atom is -0.338 e. The predicted molar refractivity (Wildman–Crippen MR) is 112 cm³/mol. The third-order valence-corrected chi connectivity index (χ3v) is 5.36. The van der Waals surface area contributed by atoms with Gasteiger partial charge in [-0.15, -0.1) is 0 Å². The van der Waals surface area contributed by atoms with Crippen LogP contribution < -0.4 is 5.32 Å². The van der Waals surface area contributed by atoms with Crippen LogP contribution in [0.2, 0.25) is 0 Å². The Labute approximate surface area is 170 Å². The standard InChI is InChI=1S/C23H26N4O2/c1-2-17-10-12-20(13-11-17)24-23(28)19-9-6-14-27(15-19)16-21-25-22(26-29-21)18-7-4-3-5-8-18/h3-5,7-8,10-13,19H,2,6,9,14-16H2,1H3,(H,24,28). The maximum Gasteiger partial charge on any atom is 0.241 e. The van der Waals surface area contributed by atoms with Gasteiger partial charge in [-0.25, -0.2) is 0 Å². The van der Waals surface area contributed by atoms with Gasteiger partial charge in [0.1, 0.15) is 0 Å². The molecule has 3 aromatic rings. The van der Waals surface area contributed by atoms with Crippen LogP contribution in [0.3, 0.4) is 0 Å². The molecule has 6 nitrogen and oxygen atoms in total. The minimum atomic E-state index is -0.0360. The number of amides is 1. The van der Waals surface area contributed by atoms with Crippen molar-refractivity contribution in [2.45, 2.75) is 32.7 Å². The zero-order chi connectivity index (χ0) is 20.1. The lowest BCUT2D eigenvalue weighted by Crippen LogP contribution is -2.40. The number of carbonyl (C=O) groups is 1. The van der Waals surface area contributed by atoms with E-state index in [1.165, 1.54) is 5.56 Å². The Morgan fingerprint density at radius 2 is 1.97 bits per heavy atom. The van der Waals surface area contributed by atoms with E-state index < -0.39 is 0 Å². The number of nitrogens with one attached hydrogen (secondary N) is 1. The van der Waals surface area contributed by atoms with E-state index >= 15 is 0 Å². The maximum atomic E-state index is 12.7. The fourth-order valence-corrected chi connectivity index (χ4v) is 3.70. The van der Waals surface area contributed by atoms with Gasteiger partial charge in [0.25, 0.3) is 0 Å². The first-order valence-electron chi connectivity index (χ1n) is 10.2. The second-order valence-electron chi connectivity index (χ2n) is 7.49. The molecule has 0 radical (unpaired) electrons. The largest absolute Gasteiger partial charge is 0.338 e. The highest BCUT2D eigenvalue weighted by atomic mass is 16.5. The van der Waals surface area contributed by atoms with Crippen molar-refractivity contribution in [1.82, 2.24) is 15.0 Å². The number of piperidine rings is 1. The second kappa shape index (κ2) is 9.01. The summed E-state index contributed by atoms with van der Waals surface area (Å²) in [6.07, 6.45) is 2.87. The van der Waals surface area contributed by atoms with E-state index in [4.69, 9.17) is 4.52 Å². The molecule has 1 fully saturated rings. The fraction of sp³-hybridized carbons (Fsp3) is 0.348. The molecule has 0 bridgehead atoms. The van der Waals surface area contributed by atoms with Crippen molar-refractivity contribution in [3.05, 3.63) is 66.1 Å². The molecule has 1 N–H and O–H groups in total. The molecule has 2 heterocycles. The summed E-state index contributed by atoms with van der Waals surface area (Å²) in [7, 11) is 0. The molecular formula is C23H26N4O2.